The van der Waals surface area contributed by atoms with Gasteiger partial charge in [0.2, 0.25) is 5.91 Å². The smallest absolute Gasteiger partial charge is 0.229 e. The molecule has 1 saturated carbocycles. The number of benzene rings is 1. The lowest BCUT2D eigenvalue weighted by atomic mass is 9.92. The molecule has 2 heterocycles. The zero-order chi connectivity index (χ0) is 18.6. The molecule has 3 aromatic rings. The van der Waals surface area contributed by atoms with Crippen LogP contribution >= 0.6 is 0 Å². The zero-order valence-electron chi connectivity index (χ0n) is 15.2. The maximum atomic E-state index is 11.8. The SMILES string of the molecule is NC(=O)C1(c2cc(-c3ccc4c(N)c5c(nc4c3)CCCC5)ccn2)CC1. The Morgan fingerprint density at radius 2 is 1.81 bits per heavy atom. The van der Waals surface area contributed by atoms with Crippen molar-refractivity contribution in [2.24, 2.45) is 5.73 Å². The van der Waals surface area contributed by atoms with Crippen LogP contribution in [0.15, 0.2) is 36.5 Å². The molecule has 0 atom stereocenters. The van der Waals surface area contributed by atoms with Crippen LogP contribution in [0, 0.1) is 0 Å². The van der Waals surface area contributed by atoms with Crippen molar-refractivity contribution in [1.82, 2.24) is 9.97 Å². The largest absolute Gasteiger partial charge is 0.398 e. The monoisotopic (exact) mass is 358 g/mol. The quantitative estimate of drug-likeness (QED) is 0.751. The van der Waals surface area contributed by atoms with E-state index < -0.39 is 5.41 Å². The van der Waals surface area contributed by atoms with E-state index in [0.717, 1.165) is 64.8 Å². The van der Waals surface area contributed by atoms with E-state index >= 15 is 0 Å². The van der Waals surface area contributed by atoms with Crippen LogP contribution in [0.4, 0.5) is 5.69 Å². The summed E-state index contributed by atoms with van der Waals surface area (Å²) in [6, 6.07) is 10.2. The highest BCUT2D eigenvalue weighted by molar-refractivity contribution is 5.95. The van der Waals surface area contributed by atoms with Gasteiger partial charge in [-0.1, -0.05) is 12.1 Å². The molecule has 0 unspecified atom stereocenters. The van der Waals surface area contributed by atoms with Gasteiger partial charge in [-0.25, -0.2) is 0 Å². The van der Waals surface area contributed by atoms with Gasteiger partial charge in [-0.15, -0.1) is 0 Å². The van der Waals surface area contributed by atoms with E-state index in [2.05, 4.69) is 23.2 Å². The second-order valence-corrected chi connectivity index (χ2v) is 7.77. The predicted molar refractivity (Wildman–Crippen MR) is 106 cm³/mol. The van der Waals surface area contributed by atoms with E-state index in [1.807, 2.05) is 12.1 Å². The van der Waals surface area contributed by atoms with Crippen LogP contribution in [0.25, 0.3) is 22.0 Å². The third kappa shape index (κ3) is 2.49. The first-order valence-corrected chi connectivity index (χ1v) is 9.56. The van der Waals surface area contributed by atoms with Gasteiger partial charge in [-0.2, -0.15) is 0 Å². The fraction of sp³-hybridized carbons (Fsp3) is 0.318. The first-order valence-electron chi connectivity index (χ1n) is 9.56. The van der Waals surface area contributed by atoms with Crippen LogP contribution in [0.3, 0.4) is 0 Å². The average Bonchev–Trinajstić information content (AvgIpc) is 3.50. The molecule has 1 fully saturated rings. The summed E-state index contributed by atoms with van der Waals surface area (Å²) in [5.41, 5.74) is 18.5. The number of fused-ring (bicyclic) bond motifs is 2. The van der Waals surface area contributed by atoms with Crippen LogP contribution in [0.2, 0.25) is 0 Å². The van der Waals surface area contributed by atoms with Gasteiger partial charge in [-0.3, -0.25) is 14.8 Å². The Kier molecular flexibility index (Phi) is 3.47. The Morgan fingerprint density at radius 1 is 1.04 bits per heavy atom. The summed E-state index contributed by atoms with van der Waals surface area (Å²) < 4.78 is 0. The highest BCUT2D eigenvalue weighted by Crippen LogP contribution is 2.47. The minimum absolute atomic E-state index is 0.285. The molecule has 2 aliphatic rings. The van der Waals surface area contributed by atoms with Gasteiger partial charge < -0.3 is 11.5 Å². The van der Waals surface area contributed by atoms with Crippen LogP contribution in [-0.4, -0.2) is 15.9 Å². The number of hydrogen-bond donors (Lipinski definition) is 2. The van der Waals surface area contributed by atoms with E-state index in [0.29, 0.717) is 0 Å². The summed E-state index contributed by atoms with van der Waals surface area (Å²) in [6.07, 6.45) is 7.69. The molecule has 1 aromatic carbocycles. The molecule has 4 N–H and O–H groups in total. The molecule has 27 heavy (non-hydrogen) atoms. The van der Waals surface area contributed by atoms with Crippen molar-refractivity contribution >= 4 is 22.5 Å². The third-order valence-corrected chi connectivity index (χ3v) is 6.11. The minimum atomic E-state index is -0.575. The van der Waals surface area contributed by atoms with Crippen molar-refractivity contribution in [3.05, 3.63) is 53.5 Å². The number of pyridine rings is 2. The van der Waals surface area contributed by atoms with E-state index in [1.165, 1.54) is 18.4 Å². The Balaban J connectivity index is 1.61. The van der Waals surface area contributed by atoms with Crippen molar-refractivity contribution in [1.29, 1.82) is 0 Å². The lowest BCUT2D eigenvalue weighted by Gasteiger charge is -2.19. The van der Waals surface area contributed by atoms with Gasteiger partial charge in [0.25, 0.3) is 0 Å². The van der Waals surface area contributed by atoms with Gasteiger partial charge >= 0.3 is 0 Å². The number of nitrogen functional groups attached to an aromatic ring is 1. The lowest BCUT2D eigenvalue weighted by Crippen LogP contribution is -2.29. The molecule has 5 nitrogen and oxygen atoms in total. The topological polar surface area (TPSA) is 94.9 Å². The molecule has 0 aliphatic heterocycles. The third-order valence-electron chi connectivity index (χ3n) is 6.11. The Hall–Kier alpha value is -2.95. The number of primary amides is 1. The minimum Gasteiger partial charge on any atom is -0.398 e. The van der Waals surface area contributed by atoms with E-state index in [4.69, 9.17) is 16.5 Å². The molecule has 136 valence electrons. The standard InChI is InChI=1S/C22H22N4O/c23-20-15-3-1-2-4-17(15)26-18-11-13(5-6-16(18)20)14-7-10-25-19(12-14)22(8-9-22)21(24)27/h5-7,10-12H,1-4,8-9H2,(H2,23,26)(H2,24,27). The zero-order valence-corrected chi connectivity index (χ0v) is 15.2. The number of rotatable bonds is 3. The molecule has 5 rings (SSSR count). The van der Waals surface area contributed by atoms with Crippen LogP contribution in [-0.2, 0) is 23.1 Å². The van der Waals surface area contributed by atoms with Gasteiger partial charge in [0.1, 0.15) is 0 Å². The molecule has 0 radical (unpaired) electrons. The van der Waals surface area contributed by atoms with Crippen molar-refractivity contribution in [3.63, 3.8) is 0 Å². The van der Waals surface area contributed by atoms with Crippen molar-refractivity contribution in [2.75, 3.05) is 5.73 Å². The number of carbonyl (C=O) groups excluding carboxylic acids is 1. The lowest BCUT2D eigenvalue weighted by molar-refractivity contribution is -0.120. The number of hydrogen-bond acceptors (Lipinski definition) is 4. The molecular weight excluding hydrogens is 336 g/mol. The molecule has 5 heteroatoms. The summed E-state index contributed by atoms with van der Waals surface area (Å²) in [6.45, 7) is 0. The molecule has 0 bridgehead atoms. The molecule has 0 saturated heterocycles. The van der Waals surface area contributed by atoms with Gasteiger partial charge in [-0.05, 0) is 73.4 Å². The number of carbonyl (C=O) groups is 1. The highest BCUT2D eigenvalue weighted by Gasteiger charge is 2.51. The normalized spacial score (nSPS) is 17.5. The van der Waals surface area contributed by atoms with E-state index in [1.54, 1.807) is 6.20 Å². The number of amides is 1. The van der Waals surface area contributed by atoms with Gasteiger partial charge in [0.15, 0.2) is 0 Å². The van der Waals surface area contributed by atoms with Crippen molar-refractivity contribution in [2.45, 2.75) is 43.9 Å². The molecular formula is C22H22N4O. The fourth-order valence-corrected chi connectivity index (χ4v) is 4.27. The average molecular weight is 358 g/mol. The van der Waals surface area contributed by atoms with Crippen molar-refractivity contribution in [3.8, 4) is 11.1 Å². The number of aromatic nitrogens is 2. The van der Waals surface area contributed by atoms with Gasteiger partial charge in [0, 0.05) is 23.0 Å². The first-order chi connectivity index (χ1) is 13.1. The highest BCUT2D eigenvalue weighted by atomic mass is 16.1. The molecule has 0 spiro atoms. The summed E-state index contributed by atoms with van der Waals surface area (Å²) in [4.78, 5) is 21.2. The molecule has 2 aliphatic carbocycles. The number of anilines is 1. The summed E-state index contributed by atoms with van der Waals surface area (Å²) in [5, 5.41) is 1.02. The van der Waals surface area contributed by atoms with Crippen molar-refractivity contribution < 1.29 is 4.79 Å². The summed E-state index contributed by atoms with van der Waals surface area (Å²) in [7, 11) is 0. The van der Waals surface area contributed by atoms with Crippen LogP contribution in [0.1, 0.15) is 42.6 Å². The predicted octanol–water partition coefficient (Wildman–Crippen LogP) is 3.27. The van der Waals surface area contributed by atoms with Crippen LogP contribution in [0.5, 0.6) is 0 Å². The fourth-order valence-electron chi connectivity index (χ4n) is 4.27. The summed E-state index contributed by atoms with van der Waals surface area (Å²) >= 11 is 0. The second-order valence-electron chi connectivity index (χ2n) is 7.77. The van der Waals surface area contributed by atoms with Crippen LogP contribution < -0.4 is 11.5 Å². The van der Waals surface area contributed by atoms with E-state index in [9.17, 15) is 4.79 Å². The second kappa shape index (κ2) is 5.78. The number of aryl methyl sites for hydroxylation is 1. The molecule has 1 amide bonds. The number of nitrogens with zero attached hydrogens (tertiary/aromatic N) is 2. The van der Waals surface area contributed by atoms with Gasteiger partial charge in [0.05, 0.1) is 16.6 Å². The molecule has 2 aromatic heterocycles. The Bertz CT molecular complexity index is 1090. The maximum Gasteiger partial charge on any atom is 0.229 e. The summed E-state index contributed by atoms with van der Waals surface area (Å²) in [5.74, 6) is -0.285. The number of nitrogens with two attached hydrogens (primary N) is 2. The first kappa shape index (κ1) is 16.2. The Labute approximate surface area is 157 Å². The van der Waals surface area contributed by atoms with E-state index in [-0.39, 0.29) is 5.91 Å². The Morgan fingerprint density at radius 3 is 2.59 bits per heavy atom. The maximum absolute atomic E-state index is 11.8.